The van der Waals surface area contributed by atoms with E-state index in [1.807, 2.05) is 36.4 Å². The van der Waals surface area contributed by atoms with Crippen molar-refractivity contribution in [2.24, 2.45) is 11.5 Å². The Hall–Kier alpha value is -1.08. The maximum absolute atomic E-state index is 6.11. The van der Waals surface area contributed by atoms with E-state index in [1.54, 1.807) is 7.11 Å². The lowest BCUT2D eigenvalue weighted by molar-refractivity contribution is 0.295. The third-order valence-corrected chi connectivity index (χ3v) is 4.55. The van der Waals surface area contributed by atoms with Gasteiger partial charge in [-0.2, -0.15) is 0 Å². The SMILES string of the molecule is COc1c(Br)cc(C(N)CN)c(OCc2ccccc2)c1Br. The molecule has 2 aromatic carbocycles. The number of benzene rings is 2. The van der Waals surface area contributed by atoms with Crippen LogP contribution in [0.15, 0.2) is 45.3 Å². The van der Waals surface area contributed by atoms with Crippen LogP contribution in [0.5, 0.6) is 11.5 Å². The summed E-state index contributed by atoms with van der Waals surface area (Å²) in [5.74, 6) is 1.32. The van der Waals surface area contributed by atoms with Gasteiger partial charge in [-0.15, -0.1) is 0 Å². The van der Waals surface area contributed by atoms with Gasteiger partial charge < -0.3 is 20.9 Å². The van der Waals surface area contributed by atoms with E-state index in [-0.39, 0.29) is 6.04 Å². The quantitative estimate of drug-likeness (QED) is 0.733. The minimum Gasteiger partial charge on any atom is -0.494 e. The highest BCUT2D eigenvalue weighted by Crippen LogP contribution is 2.44. The number of ether oxygens (including phenoxy) is 2. The van der Waals surface area contributed by atoms with Crippen molar-refractivity contribution in [1.29, 1.82) is 0 Å². The minimum absolute atomic E-state index is 0.315. The molecule has 118 valence electrons. The van der Waals surface area contributed by atoms with Gasteiger partial charge in [-0.25, -0.2) is 0 Å². The number of hydrogen-bond donors (Lipinski definition) is 2. The molecular weight excluding hydrogens is 412 g/mol. The first-order valence-electron chi connectivity index (χ1n) is 6.76. The highest BCUT2D eigenvalue weighted by atomic mass is 79.9. The number of methoxy groups -OCH3 is 1. The Bertz CT molecular complexity index is 636. The zero-order valence-electron chi connectivity index (χ0n) is 12.2. The summed E-state index contributed by atoms with van der Waals surface area (Å²) < 4.78 is 12.9. The average molecular weight is 430 g/mol. The Morgan fingerprint density at radius 2 is 1.82 bits per heavy atom. The maximum Gasteiger partial charge on any atom is 0.151 e. The van der Waals surface area contributed by atoms with Gasteiger partial charge in [0.05, 0.1) is 11.6 Å². The van der Waals surface area contributed by atoms with Crippen LogP contribution < -0.4 is 20.9 Å². The fourth-order valence-electron chi connectivity index (χ4n) is 2.07. The van der Waals surface area contributed by atoms with Crippen molar-refractivity contribution in [3.05, 3.63) is 56.5 Å². The zero-order valence-corrected chi connectivity index (χ0v) is 15.4. The lowest BCUT2D eigenvalue weighted by Crippen LogP contribution is -2.22. The summed E-state index contributed by atoms with van der Waals surface area (Å²) in [6, 6.07) is 11.5. The van der Waals surface area contributed by atoms with Crippen LogP contribution in [0.2, 0.25) is 0 Å². The second-order valence-corrected chi connectivity index (χ2v) is 6.39. The normalized spacial score (nSPS) is 12.0. The molecule has 0 saturated heterocycles. The standard InChI is InChI=1S/C16H18Br2N2O2/c1-21-16-12(17)7-11(13(20)8-19)15(14(16)18)22-9-10-5-3-2-4-6-10/h2-7,13H,8-9,19-20H2,1H3. The molecule has 6 heteroatoms. The smallest absolute Gasteiger partial charge is 0.151 e. The molecule has 0 aliphatic carbocycles. The molecule has 0 bridgehead atoms. The average Bonchev–Trinajstić information content (AvgIpc) is 2.54. The van der Waals surface area contributed by atoms with Gasteiger partial charge in [-0.3, -0.25) is 0 Å². The summed E-state index contributed by atoms with van der Waals surface area (Å²) in [6.45, 7) is 0.765. The number of rotatable bonds is 6. The summed E-state index contributed by atoms with van der Waals surface area (Å²) >= 11 is 7.02. The van der Waals surface area contributed by atoms with Gasteiger partial charge in [-0.05, 0) is 43.5 Å². The highest BCUT2D eigenvalue weighted by molar-refractivity contribution is 9.11. The lowest BCUT2D eigenvalue weighted by Gasteiger charge is -2.20. The monoisotopic (exact) mass is 428 g/mol. The highest BCUT2D eigenvalue weighted by Gasteiger charge is 2.20. The van der Waals surface area contributed by atoms with E-state index in [9.17, 15) is 0 Å². The molecule has 4 nitrogen and oxygen atoms in total. The fourth-order valence-corrected chi connectivity index (χ4v) is 3.66. The van der Waals surface area contributed by atoms with Crippen LogP contribution >= 0.6 is 31.9 Å². The molecule has 2 aromatic rings. The first-order valence-corrected chi connectivity index (χ1v) is 8.35. The summed E-state index contributed by atoms with van der Waals surface area (Å²) in [7, 11) is 1.61. The largest absolute Gasteiger partial charge is 0.494 e. The van der Waals surface area contributed by atoms with Crippen molar-refractivity contribution in [1.82, 2.24) is 0 Å². The predicted molar refractivity (Wildman–Crippen MR) is 95.2 cm³/mol. The molecular formula is C16H18Br2N2O2. The molecule has 0 amide bonds. The van der Waals surface area contributed by atoms with Crippen molar-refractivity contribution >= 4 is 31.9 Å². The van der Waals surface area contributed by atoms with Crippen LogP contribution in [0, 0.1) is 0 Å². The van der Waals surface area contributed by atoms with Gasteiger partial charge in [-0.1, -0.05) is 30.3 Å². The first-order chi connectivity index (χ1) is 10.6. The molecule has 0 aliphatic heterocycles. The van der Waals surface area contributed by atoms with Crippen molar-refractivity contribution in [2.75, 3.05) is 13.7 Å². The van der Waals surface area contributed by atoms with Crippen molar-refractivity contribution in [2.45, 2.75) is 12.6 Å². The molecule has 1 atom stereocenters. The maximum atomic E-state index is 6.11. The Kier molecular flexibility index (Phi) is 6.26. The Balaban J connectivity index is 2.38. The Morgan fingerprint density at radius 3 is 2.41 bits per heavy atom. The summed E-state index contributed by atoms with van der Waals surface area (Å²) in [4.78, 5) is 0. The molecule has 1 unspecified atom stereocenters. The fraction of sp³-hybridized carbons (Fsp3) is 0.250. The zero-order chi connectivity index (χ0) is 16.1. The Labute approximate surface area is 147 Å². The lowest BCUT2D eigenvalue weighted by atomic mass is 10.1. The van der Waals surface area contributed by atoms with Gasteiger partial charge in [0.1, 0.15) is 16.8 Å². The summed E-state index contributed by atoms with van der Waals surface area (Å²) in [5, 5.41) is 0. The van der Waals surface area contributed by atoms with Gasteiger partial charge in [0.25, 0.3) is 0 Å². The second-order valence-electron chi connectivity index (χ2n) is 4.74. The molecule has 0 radical (unpaired) electrons. The van der Waals surface area contributed by atoms with Crippen LogP contribution in [-0.4, -0.2) is 13.7 Å². The molecule has 0 saturated carbocycles. The van der Waals surface area contributed by atoms with E-state index in [4.69, 9.17) is 20.9 Å². The van der Waals surface area contributed by atoms with E-state index < -0.39 is 0 Å². The predicted octanol–water partition coefficient (Wildman–Crippen LogP) is 3.76. The van der Waals surface area contributed by atoms with Gasteiger partial charge in [0.15, 0.2) is 5.75 Å². The van der Waals surface area contributed by atoms with Crippen LogP contribution in [0.4, 0.5) is 0 Å². The minimum atomic E-state index is -0.315. The van der Waals surface area contributed by atoms with E-state index in [0.29, 0.717) is 24.7 Å². The molecule has 2 rings (SSSR count). The third kappa shape index (κ3) is 3.81. The summed E-state index contributed by atoms with van der Waals surface area (Å²) in [6.07, 6.45) is 0. The number of halogens is 2. The summed E-state index contributed by atoms with van der Waals surface area (Å²) in [5.41, 5.74) is 13.7. The molecule has 22 heavy (non-hydrogen) atoms. The van der Waals surface area contributed by atoms with E-state index >= 15 is 0 Å². The van der Waals surface area contributed by atoms with Crippen LogP contribution in [-0.2, 0) is 6.61 Å². The number of nitrogens with two attached hydrogens (primary N) is 2. The van der Waals surface area contributed by atoms with E-state index in [0.717, 1.165) is 20.1 Å². The molecule has 0 spiro atoms. The van der Waals surface area contributed by atoms with Gasteiger partial charge in [0.2, 0.25) is 0 Å². The first kappa shape index (κ1) is 17.3. The Morgan fingerprint density at radius 1 is 1.14 bits per heavy atom. The molecule has 0 aromatic heterocycles. The van der Waals surface area contributed by atoms with Crippen molar-refractivity contribution in [3.8, 4) is 11.5 Å². The molecule has 4 N–H and O–H groups in total. The molecule has 0 fully saturated rings. The van der Waals surface area contributed by atoms with Crippen LogP contribution in [0.1, 0.15) is 17.2 Å². The molecule has 0 heterocycles. The van der Waals surface area contributed by atoms with Crippen molar-refractivity contribution in [3.63, 3.8) is 0 Å². The van der Waals surface area contributed by atoms with Crippen molar-refractivity contribution < 1.29 is 9.47 Å². The van der Waals surface area contributed by atoms with Gasteiger partial charge in [0, 0.05) is 18.2 Å². The van der Waals surface area contributed by atoms with E-state index in [2.05, 4.69) is 31.9 Å². The van der Waals surface area contributed by atoms with Gasteiger partial charge >= 0.3 is 0 Å². The van der Waals surface area contributed by atoms with Crippen LogP contribution in [0.3, 0.4) is 0 Å². The topological polar surface area (TPSA) is 70.5 Å². The van der Waals surface area contributed by atoms with Crippen LogP contribution in [0.25, 0.3) is 0 Å². The second kappa shape index (κ2) is 7.97. The molecule has 0 aliphatic rings. The third-order valence-electron chi connectivity index (χ3n) is 3.24. The number of hydrogen-bond acceptors (Lipinski definition) is 4. The van der Waals surface area contributed by atoms with E-state index in [1.165, 1.54) is 0 Å².